The molecule has 2 amide bonds. The fourth-order valence-corrected chi connectivity index (χ4v) is 15.9. The number of aryl methyl sites for hydroxylation is 1. The second-order valence-corrected chi connectivity index (χ2v) is 32.2. The van der Waals surface area contributed by atoms with Crippen LogP contribution < -0.4 is 33.2 Å². The van der Waals surface area contributed by atoms with Gasteiger partial charge in [0.05, 0.1) is 92.7 Å². The summed E-state index contributed by atoms with van der Waals surface area (Å²) in [6.45, 7) is 30.3. The van der Waals surface area contributed by atoms with Gasteiger partial charge >= 0.3 is 0 Å². The quantitative estimate of drug-likeness (QED) is 0.0244. The van der Waals surface area contributed by atoms with Gasteiger partial charge in [0.15, 0.2) is 31.4 Å². The zero-order valence-electron chi connectivity index (χ0n) is 76.3. The maximum absolute atomic E-state index is 13.2. The number of aldehydes is 5. The molecule has 0 unspecified atom stereocenters. The number of aromatic nitrogens is 6. The van der Waals surface area contributed by atoms with Crippen LogP contribution >= 0.6 is 0 Å². The topological polar surface area (TPSA) is 369 Å². The van der Waals surface area contributed by atoms with Crippen LogP contribution in [0.4, 0.5) is 0 Å². The first-order chi connectivity index (χ1) is 66.5. The number of phenolic OH excluding ortho intramolecular Hbond substituents is 5. The molecule has 0 radical (unpaired) electrons. The lowest BCUT2D eigenvalue weighted by atomic mass is 9.91. The van der Waals surface area contributed by atoms with Crippen molar-refractivity contribution in [3.63, 3.8) is 0 Å². The Balaban J connectivity index is 0.000000154. The number of phenols is 5. The molecular weight excluding hydrogens is 1740 g/mol. The van der Waals surface area contributed by atoms with Crippen LogP contribution in [-0.2, 0) is 26.2 Å². The summed E-state index contributed by atoms with van der Waals surface area (Å²) in [5.74, 6) is 3.96. The molecule has 0 spiro atoms. The van der Waals surface area contributed by atoms with Crippen LogP contribution in [0.25, 0.3) is 64.4 Å². The number of likely N-dealkylation sites (tertiary alicyclic amines) is 2. The Morgan fingerprint density at radius 1 is 0.453 bits per heavy atom. The molecule has 3 aliphatic heterocycles. The van der Waals surface area contributed by atoms with Crippen LogP contribution in [-0.4, -0.2) is 160 Å². The highest BCUT2D eigenvalue weighted by molar-refractivity contribution is 6.03. The van der Waals surface area contributed by atoms with Crippen molar-refractivity contribution in [3.05, 3.63) is 353 Å². The van der Waals surface area contributed by atoms with Crippen LogP contribution in [0, 0.1) is 12.3 Å². The highest BCUT2D eigenvalue weighted by Crippen LogP contribution is 2.41. The van der Waals surface area contributed by atoms with E-state index >= 15 is 0 Å². The average molecular weight is 1840 g/mol. The van der Waals surface area contributed by atoms with Gasteiger partial charge in [-0.1, -0.05) is 150 Å². The monoisotopic (exact) mass is 1840 g/mol. The number of ether oxygens (including phenoxy) is 7. The molecule has 0 bridgehead atoms. The van der Waals surface area contributed by atoms with Gasteiger partial charge in [0.1, 0.15) is 119 Å². The molecule has 27 nitrogen and oxygen atoms in total. The van der Waals surface area contributed by atoms with Crippen LogP contribution in [0.3, 0.4) is 0 Å². The molecule has 2 saturated heterocycles. The molecule has 2 atom stereocenters. The number of carbonyl (C=O) groups is 7. The highest BCUT2D eigenvalue weighted by Gasteiger charge is 2.41. The number of nitrogens with zero attached hydrogens (tertiary/aromatic N) is 8. The summed E-state index contributed by atoms with van der Waals surface area (Å²) >= 11 is 0. The molecule has 6 aromatic heterocycles. The van der Waals surface area contributed by atoms with E-state index in [9.17, 15) is 59.1 Å². The van der Waals surface area contributed by atoms with Gasteiger partial charge < -0.3 is 68.5 Å². The molecule has 7 aromatic carbocycles. The molecule has 0 saturated carbocycles. The predicted octanol–water partition coefficient (Wildman–Crippen LogP) is 20.4. The fraction of sp³-hybridized carbons (Fsp3) is 0.191. The number of hydrogen-bond acceptors (Lipinski definition) is 25. The SMILES string of the molecule is C=Cc1c(O)cccc1OC[C@@H]1CC(C)(C)CN1C(=O)c1ccccc1C=O.C=Cc1c(O)cccc1OCc1cccnc1-c1ccc(C)c(C=O)n1.C=Cc1c(O)cccc1OCc1cccnc1-c1ccc(OCC)c(C=O)n1.C=Cc1c(O)cccc1OCc1cnccc1-c1cccc(C=O)n1.C=Cc1c(OC[C@@H]2CCCCN2C(=O)c2cccc(O)c2C=O)ccc2c1CCO2. The van der Waals surface area contributed by atoms with Crippen LogP contribution in [0.5, 0.6) is 69.0 Å². The summed E-state index contributed by atoms with van der Waals surface area (Å²) in [6.07, 6.45) is 22.3. The fourth-order valence-electron chi connectivity index (χ4n) is 15.9. The number of aromatic hydroxyl groups is 5. The van der Waals surface area contributed by atoms with Gasteiger partial charge in [-0.05, 0) is 178 Å². The van der Waals surface area contributed by atoms with Crippen molar-refractivity contribution in [1.29, 1.82) is 0 Å². The largest absolute Gasteiger partial charge is 0.507 e. The van der Waals surface area contributed by atoms with E-state index in [1.807, 2.05) is 68.4 Å². The molecule has 27 heteroatoms. The minimum atomic E-state index is -0.257. The maximum Gasteiger partial charge on any atom is 0.255 e. The number of piperidine rings is 1. The molecule has 0 aliphatic carbocycles. The molecule has 9 heterocycles. The summed E-state index contributed by atoms with van der Waals surface area (Å²) < 4.78 is 40.7. The lowest BCUT2D eigenvalue weighted by Crippen LogP contribution is -2.47. The average Bonchev–Trinajstić information content (AvgIpc) is 1.55. The molecule has 13 aromatic rings. The van der Waals surface area contributed by atoms with Crippen molar-refractivity contribution in [2.24, 2.45) is 5.41 Å². The summed E-state index contributed by atoms with van der Waals surface area (Å²) in [5.41, 5.74) is 13.3. The Bertz CT molecular complexity index is 6590. The number of carbonyl (C=O) groups excluding carboxylic acids is 7. The molecule has 5 N–H and O–H groups in total. The molecule has 16 rings (SSSR count). The highest BCUT2D eigenvalue weighted by atomic mass is 16.5. The van der Waals surface area contributed by atoms with Gasteiger partial charge in [-0.3, -0.25) is 48.5 Å². The Morgan fingerprint density at radius 2 is 0.956 bits per heavy atom. The predicted molar refractivity (Wildman–Crippen MR) is 524 cm³/mol. The van der Waals surface area contributed by atoms with Gasteiger partial charge in [0.2, 0.25) is 0 Å². The van der Waals surface area contributed by atoms with Gasteiger partial charge in [0, 0.05) is 83.2 Å². The first-order valence-corrected chi connectivity index (χ1v) is 44.1. The summed E-state index contributed by atoms with van der Waals surface area (Å²) in [7, 11) is 0. The Hall–Kier alpha value is -17.0. The maximum atomic E-state index is 13.2. The van der Waals surface area contributed by atoms with E-state index in [4.69, 9.17) is 33.2 Å². The third kappa shape index (κ3) is 24.7. The summed E-state index contributed by atoms with van der Waals surface area (Å²) in [5, 5.41) is 49.6. The van der Waals surface area contributed by atoms with Crippen molar-refractivity contribution in [2.45, 2.75) is 91.7 Å². The second-order valence-electron chi connectivity index (χ2n) is 32.2. The van der Waals surface area contributed by atoms with E-state index in [2.05, 4.69) is 76.6 Å². The van der Waals surface area contributed by atoms with Crippen molar-refractivity contribution in [2.75, 3.05) is 39.5 Å². The Kier molecular flexibility index (Phi) is 34.6. The minimum absolute atomic E-state index is 0.0281. The van der Waals surface area contributed by atoms with E-state index in [0.717, 1.165) is 88.8 Å². The van der Waals surface area contributed by atoms with E-state index < -0.39 is 0 Å². The molecule has 137 heavy (non-hydrogen) atoms. The first kappa shape index (κ1) is 99.1. The zero-order valence-corrected chi connectivity index (χ0v) is 76.3. The van der Waals surface area contributed by atoms with Crippen LogP contribution in [0.1, 0.15) is 175 Å². The van der Waals surface area contributed by atoms with Crippen molar-refractivity contribution in [1.82, 2.24) is 39.7 Å². The van der Waals surface area contributed by atoms with Gasteiger partial charge in [-0.2, -0.15) is 0 Å². The number of amides is 2. The lowest BCUT2D eigenvalue weighted by Gasteiger charge is -2.36. The van der Waals surface area contributed by atoms with Gasteiger partial charge in [0.25, 0.3) is 11.8 Å². The Labute approximate surface area is 793 Å². The summed E-state index contributed by atoms with van der Waals surface area (Å²) in [4.78, 5) is 112. The van der Waals surface area contributed by atoms with Crippen molar-refractivity contribution in [3.8, 4) is 103 Å². The lowest BCUT2D eigenvalue weighted by molar-refractivity contribution is 0.0525. The van der Waals surface area contributed by atoms with Gasteiger partial charge in [-0.25, -0.2) is 15.0 Å². The Morgan fingerprint density at radius 3 is 1.51 bits per heavy atom. The van der Waals surface area contributed by atoms with Crippen molar-refractivity contribution >= 4 is 73.6 Å². The van der Waals surface area contributed by atoms with Crippen LogP contribution in [0.2, 0.25) is 0 Å². The number of rotatable bonds is 32. The van der Waals surface area contributed by atoms with E-state index in [1.165, 1.54) is 6.07 Å². The van der Waals surface area contributed by atoms with E-state index in [0.29, 0.717) is 167 Å². The number of fused-ring (bicyclic) bond motifs is 1. The molecular formula is C110H104N8O19. The number of benzene rings is 7. The number of hydrogen-bond donors (Lipinski definition) is 5. The molecule has 2 fully saturated rings. The second kappa shape index (κ2) is 47.9. The first-order valence-electron chi connectivity index (χ1n) is 44.1. The smallest absolute Gasteiger partial charge is 0.255 e. The summed E-state index contributed by atoms with van der Waals surface area (Å²) in [6, 6.07) is 56.7. The van der Waals surface area contributed by atoms with Crippen molar-refractivity contribution < 1.29 is 92.3 Å². The number of pyridine rings is 6. The standard InChI is InChI=1S/C24H25NO5.C23H25NO4.C22H20N2O4.C21H18N2O3.C20H16N2O3/c1-2-17-18-11-13-29-23(18)10-9-22(17)30-15-16-6-3-4-12-25(16)24(28)19-7-5-8-21(27)20(19)14-26;1-4-18-20(26)10-7-11-21(18)28-14-17-12-23(2,3)15-24(17)22(27)19-9-6-5-8-16(19)13-25;1-3-16-19(26)8-5-9-20(16)28-14-15-7-6-12-23-22(15)17-10-11-21(27-4-2)18(13-25)24-17;1-3-16-19(25)7-4-8-20(16)26-13-15-6-5-11-22-21(15)17-10-9-14(2)18(12-24)23-17;1-2-16-19(24)7-4-8-20(16)25-13-14-11-21-10-9-17(14)18-6-3-5-15(12-23)22-18/h2,5,7-10,14,16,27H,1,3-4,6,11-13,15H2;4-11,13,17,26H,1,12,14-15H2,2-3H3;3,5-13,26H,1,4,14H2,2H3;3-12,25H,1,13H2,2H3;2-12,24H,1,13H2/t16-;17-;;;/m00.../s1. The van der Waals surface area contributed by atoms with E-state index in [1.54, 1.807) is 204 Å². The van der Waals surface area contributed by atoms with Crippen LogP contribution in [0.15, 0.2) is 258 Å². The molecule has 3 aliphatic rings. The van der Waals surface area contributed by atoms with Gasteiger partial charge in [-0.15, -0.1) is 0 Å². The normalized spacial score (nSPS) is 13.5. The van der Waals surface area contributed by atoms with E-state index in [-0.39, 0.29) is 94.7 Å². The zero-order chi connectivity index (χ0) is 97.5. The minimum Gasteiger partial charge on any atom is -0.507 e. The third-order valence-corrected chi connectivity index (χ3v) is 22.7. The third-order valence-electron chi connectivity index (χ3n) is 22.7. The molecule has 698 valence electrons.